The van der Waals surface area contributed by atoms with Crippen LogP contribution in [0, 0.1) is 0 Å². The molecular formula is C17H30N6O8. The van der Waals surface area contributed by atoms with Crippen LogP contribution in [-0.4, -0.2) is 76.0 Å². The Morgan fingerprint density at radius 1 is 0.806 bits per heavy atom. The number of aliphatic hydroxyl groups is 1. The van der Waals surface area contributed by atoms with Crippen molar-refractivity contribution in [2.75, 3.05) is 0 Å². The molecule has 0 aliphatic carbocycles. The molecule has 14 nitrogen and oxygen atoms in total. The second-order valence-electron chi connectivity index (χ2n) is 6.97. The summed E-state index contributed by atoms with van der Waals surface area (Å²) in [6.07, 6.45) is -2.08. The highest BCUT2D eigenvalue weighted by molar-refractivity contribution is 5.94. The quantitative estimate of drug-likeness (QED) is 0.128. The Hall–Kier alpha value is -3.26. The second kappa shape index (κ2) is 13.1. The lowest BCUT2D eigenvalue weighted by molar-refractivity contribution is -0.145. The van der Waals surface area contributed by atoms with Gasteiger partial charge in [0.1, 0.15) is 12.1 Å². The fourth-order valence-electron chi connectivity index (χ4n) is 2.31. The van der Waals surface area contributed by atoms with Crippen LogP contribution < -0.4 is 33.2 Å². The van der Waals surface area contributed by atoms with E-state index in [4.69, 9.17) is 22.3 Å². The highest BCUT2D eigenvalue weighted by Gasteiger charge is 2.30. The van der Waals surface area contributed by atoms with Gasteiger partial charge in [0.05, 0.1) is 12.1 Å². The predicted molar refractivity (Wildman–Crippen MR) is 106 cm³/mol. The number of carbonyl (C=O) groups is 6. The van der Waals surface area contributed by atoms with Gasteiger partial charge in [-0.15, -0.1) is 0 Å². The first-order valence-corrected chi connectivity index (χ1v) is 9.40. The van der Waals surface area contributed by atoms with Crippen LogP contribution in [0.25, 0.3) is 0 Å². The van der Waals surface area contributed by atoms with E-state index in [9.17, 15) is 33.9 Å². The lowest BCUT2D eigenvalue weighted by Crippen LogP contribution is -2.57. The Bertz CT molecular complexity index is 698. The zero-order valence-electron chi connectivity index (χ0n) is 17.3. The smallest absolute Gasteiger partial charge is 0.328 e. The van der Waals surface area contributed by atoms with Gasteiger partial charge in [-0.3, -0.25) is 24.0 Å². The SMILES string of the molecule is CC(NC(=O)C(CCC(N)=O)NC(=O)C(N)CCC(N)=O)C(=O)NC(C(=O)O)C(C)O. The number of hydrogen-bond donors (Lipinski definition) is 8. The van der Waals surface area contributed by atoms with Crippen LogP contribution in [0.1, 0.15) is 39.5 Å². The topological polar surface area (TPSA) is 257 Å². The molecule has 0 aromatic carbocycles. The zero-order valence-corrected chi connectivity index (χ0v) is 17.3. The number of carboxylic acids is 1. The number of aliphatic carboxylic acids is 1. The molecule has 11 N–H and O–H groups in total. The number of hydrogen-bond acceptors (Lipinski definition) is 8. The molecule has 0 aromatic heterocycles. The zero-order chi connectivity index (χ0) is 24.3. The number of amides is 5. The van der Waals surface area contributed by atoms with Crippen molar-refractivity contribution in [2.45, 2.75) is 69.8 Å². The average Bonchev–Trinajstić information content (AvgIpc) is 2.65. The Morgan fingerprint density at radius 3 is 1.77 bits per heavy atom. The van der Waals surface area contributed by atoms with Gasteiger partial charge in [-0.05, 0) is 26.7 Å². The van der Waals surface area contributed by atoms with E-state index in [-0.39, 0.29) is 25.7 Å². The number of aliphatic hydroxyl groups excluding tert-OH is 1. The van der Waals surface area contributed by atoms with Crippen molar-refractivity contribution in [3.63, 3.8) is 0 Å². The maximum absolute atomic E-state index is 12.5. The van der Waals surface area contributed by atoms with Crippen LogP contribution in [0.3, 0.4) is 0 Å². The largest absolute Gasteiger partial charge is 0.480 e. The van der Waals surface area contributed by atoms with Crippen molar-refractivity contribution in [2.24, 2.45) is 17.2 Å². The van der Waals surface area contributed by atoms with Gasteiger partial charge in [0.15, 0.2) is 6.04 Å². The third-order valence-electron chi connectivity index (χ3n) is 4.15. The predicted octanol–water partition coefficient (Wildman–Crippen LogP) is -4.22. The summed E-state index contributed by atoms with van der Waals surface area (Å²) in [5.74, 6) is -5.43. The van der Waals surface area contributed by atoms with Crippen molar-refractivity contribution in [3.05, 3.63) is 0 Å². The summed E-state index contributed by atoms with van der Waals surface area (Å²) in [6.45, 7) is 2.42. The molecule has 0 aliphatic rings. The summed E-state index contributed by atoms with van der Waals surface area (Å²) in [6, 6.07) is -5.29. The fourth-order valence-corrected chi connectivity index (χ4v) is 2.31. The molecule has 176 valence electrons. The summed E-state index contributed by atoms with van der Waals surface area (Å²) in [7, 11) is 0. The molecule has 0 radical (unpaired) electrons. The summed E-state index contributed by atoms with van der Waals surface area (Å²) in [5, 5.41) is 25.1. The van der Waals surface area contributed by atoms with Crippen LogP contribution in [0.2, 0.25) is 0 Å². The van der Waals surface area contributed by atoms with Gasteiger partial charge in [-0.2, -0.15) is 0 Å². The summed E-state index contributed by atoms with van der Waals surface area (Å²) < 4.78 is 0. The molecule has 5 unspecified atom stereocenters. The molecule has 0 saturated heterocycles. The molecule has 0 fully saturated rings. The minimum atomic E-state index is -1.60. The third-order valence-corrected chi connectivity index (χ3v) is 4.15. The molecule has 0 rings (SSSR count). The number of nitrogens with one attached hydrogen (secondary N) is 3. The van der Waals surface area contributed by atoms with E-state index >= 15 is 0 Å². The highest BCUT2D eigenvalue weighted by atomic mass is 16.4. The number of primary amides is 2. The summed E-state index contributed by atoms with van der Waals surface area (Å²) in [5.41, 5.74) is 15.7. The van der Waals surface area contributed by atoms with Crippen molar-refractivity contribution >= 4 is 35.5 Å². The summed E-state index contributed by atoms with van der Waals surface area (Å²) >= 11 is 0. The number of rotatable bonds is 14. The maximum Gasteiger partial charge on any atom is 0.328 e. The maximum atomic E-state index is 12.5. The Morgan fingerprint density at radius 2 is 1.32 bits per heavy atom. The molecule has 14 heteroatoms. The molecule has 0 aromatic rings. The van der Waals surface area contributed by atoms with E-state index in [2.05, 4.69) is 16.0 Å². The van der Waals surface area contributed by atoms with Crippen molar-refractivity contribution in [1.29, 1.82) is 0 Å². The van der Waals surface area contributed by atoms with Gasteiger partial charge in [0, 0.05) is 12.8 Å². The Labute approximate surface area is 178 Å². The molecular weight excluding hydrogens is 416 g/mol. The van der Waals surface area contributed by atoms with Gasteiger partial charge in [0.25, 0.3) is 0 Å². The molecule has 0 bridgehead atoms. The van der Waals surface area contributed by atoms with Gasteiger partial charge in [-0.1, -0.05) is 0 Å². The van der Waals surface area contributed by atoms with Crippen LogP contribution in [-0.2, 0) is 28.8 Å². The molecule has 0 spiro atoms. The minimum absolute atomic E-state index is 0.0694. The minimum Gasteiger partial charge on any atom is -0.480 e. The Kier molecular flexibility index (Phi) is 11.7. The lowest BCUT2D eigenvalue weighted by atomic mass is 10.1. The number of nitrogens with two attached hydrogens (primary N) is 3. The van der Waals surface area contributed by atoms with Crippen molar-refractivity contribution < 1.29 is 39.0 Å². The van der Waals surface area contributed by atoms with E-state index in [1.807, 2.05) is 0 Å². The van der Waals surface area contributed by atoms with Crippen molar-refractivity contribution in [3.8, 4) is 0 Å². The Balaban J connectivity index is 5.12. The molecule has 5 amide bonds. The molecule has 5 atom stereocenters. The molecule has 0 aliphatic heterocycles. The molecule has 0 heterocycles. The van der Waals surface area contributed by atoms with E-state index in [1.165, 1.54) is 13.8 Å². The van der Waals surface area contributed by atoms with Gasteiger partial charge in [-0.25, -0.2) is 4.79 Å². The van der Waals surface area contributed by atoms with Gasteiger partial charge >= 0.3 is 5.97 Å². The van der Waals surface area contributed by atoms with Crippen LogP contribution >= 0.6 is 0 Å². The first kappa shape index (κ1) is 27.7. The van der Waals surface area contributed by atoms with E-state index in [0.717, 1.165) is 0 Å². The van der Waals surface area contributed by atoms with E-state index in [0.29, 0.717) is 0 Å². The first-order valence-electron chi connectivity index (χ1n) is 9.40. The highest BCUT2D eigenvalue weighted by Crippen LogP contribution is 2.02. The number of carboxylic acid groups (broad SMARTS) is 1. The van der Waals surface area contributed by atoms with Crippen LogP contribution in [0.5, 0.6) is 0 Å². The second-order valence-corrected chi connectivity index (χ2v) is 6.97. The number of carbonyl (C=O) groups excluding carboxylic acids is 5. The van der Waals surface area contributed by atoms with Gasteiger partial charge < -0.3 is 43.4 Å². The van der Waals surface area contributed by atoms with E-state index < -0.39 is 65.8 Å². The third kappa shape index (κ3) is 10.9. The first-order chi connectivity index (χ1) is 14.3. The van der Waals surface area contributed by atoms with Crippen LogP contribution in [0.15, 0.2) is 0 Å². The van der Waals surface area contributed by atoms with Crippen LogP contribution in [0.4, 0.5) is 0 Å². The van der Waals surface area contributed by atoms with Gasteiger partial charge in [0.2, 0.25) is 29.5 Å². The molecule has 0 saturated carbocycles. The lowest BCUT2D eigenvalue weighted by Gasteiger charge is -2.24. The molecule has 31 heavy (non-hydrogen) atoms. The average molecular weight is 446 g/mol. The summed E-state index contributed by atoms with van der Waals surface area (Å²) in [4.78, 5) is 69.8. The standard InChI is InChI=1S/C17H30N6O8/c1-7(14(27)23-13(8(2)24)17(30)31)21-16(29)10(4-6-12(20)26)22-15(28)9(18)3-5-11(19)25/h7-10,13,24H,3-6,18H2,1-2H3,(H2,19,25)(H2,20,26)(H,21,29)(H,22,28)(H,23,27)(H,30,31). The van der Waals surface area contributed by atoms with Crippen molar-refractivity contribution in [1.82, 2.24) is 16.0 Å². The fraction of sp³-hybridized carbons (Fsp3) is 0.647. The van der Waals surface area contributed by atoms with E-state index in [1.54, 1.807) is 0 Å². The monoisotopic (exact) mass is 446 g/mol. The normalized spacial score (nSPS) is 15.5.